The highest BCUT2D eigenvalue weighted by Crippen LogP contribution is 2.24. The van der Waals surface area contributed by atoms with E-state index in [0.717, 1.165) is 10.5 Å². The van der Waals surface area contributed by atoms with Gasteiger partial charge in [-0.15, -0.1) is 0 Å². The van der Waals surface area contributed by atoms with Crippen LogP contribution in [0, 0.1) is 17.1 Å². The fraction of sp³-hybridized carbons (Fsp3) is 0.0667. The van der Waals surface area contributed by atoms with E-state index in [9.17, 15) is 14.4 Å². The molecule has 2 aromatic rings. The maximum atomic E-state index is 13.4. The molecule has 2 rings (SSSR count). The first-order chi connectivity index (χ1) is 9.52. The molecule has 20 heavy (non-hydrogen) atoms. The molecule has 0 spiro atoms. The number of carbonyl (C=O) groups excluding carboxylic acids is 1. The minimum Gasteiger partial charge on any atom is -0.292 e. The van der Waals surface area contributed by atoms with Gasteiger partial charge in [0.2, 0.25) is 0 Å². The third-order valence-electron chi connectivity index (χ3n) is 2.80. The fourth-order valence-corrected chi connectivity index (χ4v) is 2.14. The van der Waals surface area contributed by atoms with Gasteiger partial charge < -0.3 is 0 Å². The van der Waals surface area contributed by atoms with E-state index < -0.39 is 17.5 Å². The quantitative estimate of drug-likeness (QED) is 0.749. The lowest BCUT2D eigenvalue weighted by atomic mass is 9.92. The van der Waals surface area contributed by atoms with Crippen LogP contribution in [0.25, 0.3) is 0 Å². The highest BCUT2D eigenvalue weighted by Gasteiger charge is 2.22. The average molecular weight is 353 g/mol. The summed E-state index contributed by atoms with van der Waals surface area (Å²) in [5.74, 6) is -2.10. The number of Topliss-reactive ketones (excluding diaryl/α,β-unsaturated/α-hetero) is 1. The van der Waals surface area contributed by atoms with E-state index >= 15 is 0 Å². The molecule has 2 nitrogen and oxygen atoms in total. The van der Waals surface area contributed by atoms with Crippen molar-refractivity contribution in [2.24, 2.45) is 0 Å². The number of ketones is 1. The number of carbonyl (C=O) groups is 1. The second-order valence-corrected chi connectivity index (χ2v) is 5.43. The van der Waals surface area contributed by atoms with E-state index in [4.69, 9.17) is 11.6 Å². The highest BCUT2D eigenvalue weighted by molar-refractivity contribution is 9.10. The zero-order chi connectivity index (χ0) is 14.7. The maximum Gasteiger partial charge on any atom is 0.184 e. The third-order valence-corrected chi connectivity index (χ3v) is 3.63. The standard InChI is InChI=1S/C15H8BrClFNO/c16-11-4-1-9(2-5-11)12(8-19)15(20)10-3-6-13(17)14(18)7-10/h1-7,12H. The second-order valence-electron chi connectivity index (χ2n) is 4.11. The van der Waals surface area contributed by atoms with Crippen molar-refractivity contribution < 1.29 is 9.18 Å². The van der Waals surface area contributed by atoms with E-state index in [1.807, 2.05) is 6.07 Å². The molecule has 2 aromatic carbocycles. The summed E-state index contributed by atoms with van der Waals surface area (Å²) >= 11 is 8.86. The van der Waals surface area contributed by atoms with Gasteiger partial charge in [0.05, 0.1) is 11.1 Å². The van der Waals surface area contributed by atoms with Crippen molar-refractivity contribution in [1.82, 2.24) is 0 Å². The van der Waals surface area contributed by atoms with Gasteiger partial charge in [-0.2, -0.15) is 5.26 Å². The summed E-state index contributed by atoms with van der Waals surface area (Å²) in [6, 6.07) is 12.6. The number of rotatable bonds is 3. The molecule has 1 unspecified atom stereocenters. The summed E-state index contributed by atoms with van der Waals surface area (Å²) in [6.07, 6.45) is 0. The summed E-state index contributed by atoms with van der Waals surface area (Å²) in [5, 5.41) is 9.15. The van der Waals surface area contributed by atoms with Gasteiger partial charge in [0, 0.05) is 10.0 Å². The maximum absolute atomic E-state index is 13.4. The topological polar surface area (TPSA) is 40.9 Å². The number of hydrogen-bond acceptors (Lipinski definition) is 2. The Balaban J connectivity index is 2.36. The Hall–Kier alpha value is -1.70. The molecule has 100 valence electrons. The van der Waals surface area contributed by atoms with Crippen molar-refractivity contribution in [3.63, 3.8) is 0 Å². The van der Waals surface area contributed by atoms with Gasteiger partial charge in [-0.25, -0.2) is 4.39 Å². The van der Waals surface area contributed by atoms with Crippen LogP contribution in [-0.4, -0.2) is 5.78 Å². The highest BCUT2D eigenvalue weighted by atomic mass is 79.9. The van der Waals surface area contributed by atoms with E-state index in [0.29, 0.717) is 5.56 Å². The van der Waals surface area contributed by atoms with Gasteiger partial charge >= 0.3 is 0 Å². The van der Waals surface area contributed by atoms with Gasteiger partial charge in [0.1, 0.15) is 11.7 Å². The Morgan fingerprint density at radius 2 is 1.90 bits per heavy atom. The van der Waals surface area contributed by atoms with Crippen molar-refractivity contribution in [2.45, 2.75) is 5.92 Å². The molecule has 0 amide bonds. The molecule has 0 N–H and O–H groups in total. The summed E-state index contributed by atoms with van der Waals surface area (Å²) in [6.45, 7) is 0. The fourth-order valence-electron chi connectivity index (χ4n) is 1.76. The molecule has 0 aliphatic heterocycles. The molecule has 0 heterocycles. The van der Waals surface area contributed by atoms with Gasteiger partial charge in [0.15, 0.2) is 5.78 Å². The van der Waals surface area contributed by atoms with E-state index in [1.165, 1.54) is 12.1 Å². The Morgan fingerprint density at radius 1 is 1.25 bits per heavy atom. The zero-order valence-electron chi connectivity index (χ0n) is 10.1. The zero-order valence-corrected chi connectivity index (χ0v) is 12.5. The minimum atomic E-state index is -0.969. The lowest BCUT2D eigenvalue weighted by Crippen LogP contribution is -2.11. The van der Waals surface area contributed by atoms with Gasteiger partial charge in [0.25, 0.3) is 0 Å². The van der Waals surface area contributed by atoms with Crippen LogP contribution in [0.2, 0.25) is 5.02 Å². The first kappa shape index (κ1) is 14.7. The average Bonchev–Trinajstić information content (AvgIpc) is 2.44. The van der Waals surface area contributed by atoms with Gasteiger partial charge in [-0.05, 0) is 35.9 Å². The van der Waals surface area contributed by atoms with Crippen LogP contribution in [0.5, 0.6) is 0 Å². The van der Waals surface area contributed by atoms with Crippen molar-refractivity contribution in [2.75, 3.05) is 0 Å². The van der Waals surface area contributed by atoms with Crippen LogP contribution in [-0.2, 0) is 0 Å². The minimum absolute atomic E-state index is 0.0568. The van der Waals surface area contributed by atoms with Crippen LogP contribution in [0.4, 0.5) is 4.39 Å². The number of hydrogen-bond donors (Lipinski definition) is 0. The molecule has 5 heteroatoms. The normalized spacial score (nSPS) is 11.7. The summed E-state index contributed by atoms with van der Waals surface area (Å²) < 4.78 is 14.2. The Labute approximate surface area is 128 Å². The summed E-state index contributed by atoms with van der Waals surface area (Å²) in [5.41, 5.74) is 0.692. The Bertz CT molecular complexity index is 694. The van der Waals surface area contributed by atoms with Crippen LogP contribution >= 0.6 is 27.5 Å². The first-order valence-electron chi connectivity index (χ1n) is 5.67. The smallest absolute Gasteiger partial charge is 0.184 e. The first-order valence-corrected chi connectivity index (χ1v) is 6.84. The van der Waals surface area contributed by atoms with Crippen LogP contribution in [0.15, 0.2) is 46.9 Å². The molecule has 0 aliphatic rings. The number of nitrogens with zero attached hydrogens (tertiary/aromatic N) is 1. The van der Waals surface area contributed by atoms with E-state index in [2.05, 4.69) is 15.9 Å². The van der Waals surface area contributed by atoms with Crippen molar-refractivity contribution in [3.05, 3.63) is 68.9 Å². The van der Waals surface area contributed by atoms with Crippen LogP contribution in [0.3, 0.4) is 0 Å². The van der Waals surface area contributed by atoms with Crippen molar-refractivity contribution in [1.29, 1.82) is 5.26 Å². The molecule has 0 radical (unpaired) electrons. The molecule has 1 atom stereocenters. The van der Waals surface area contributed by atoms with Crippen molar-refractivity contribution >= 4 is 33.3 Å². The predicted octanol–water partition coefficient (Wildman–Crippen LogP) is 4.73. The molecule has 0 saturated carbocycles. The van der Waals surface area contributed by atoms with Crippen LogP contribution in [0.1, 0.15) is 21.8 Å². The second kappa shape index (κ2) is 6.17. The monoisotopic (exact) mass is 351 g/mol. The molecule has 0 aliphatic carbocycles. The van der Waals surface area contributed by atoms with Crippen LogP contribution < -0.4 is 0 Å². The number of halogens is 3. The third kappa shape index (κ3) is 3.06. The predicted molar refractivity (Wildman–Crippen MR) is 78.2 cm³/mol. The molecule has 0 aromatic heterocycles. The summed E-state index contributed by atoms with van der Waals surface area (Å²) in [4.78, 5) is 12.3. The molecule has 0 saturated heterocycles. The lowest BCUT2D eigenvalue weighted by Gasteiger charge is -2.09. The van der Waals surface area contributed by atoms with Gasteiger partial charge in [-0.1, -0.05) is 39.7 Å². The SMILES string of the molecule is N#CC(C(=O)c1ccc(Cl)c(F)c1)c1ccc(Br)cc1. The lowest BCUT2D eigenvalue weighted by molar-refractivity contribution is 0.0978. The van der Waals surface area contributed by atoms with E-state index in [1.54, 1.807) is 24.3 Å². The molecular weight excluding hydrogens is 345 g/mol. The molecular formula is C15H8BrClFNO. The molecule has 0 bridgehead atoms. The molecule has 0 fully saturated rings. The Morgan fingerprint density at radius 3 is 2.45 bits per heavy atom. The van der Waals surface area contributed by atoms with Gasteiger partial charge in [-0.3, -0.25) is 4.79 Å². The van der Waals surface area contributed by atoms with Crippen molar-refractivity contribution in [3.8, 4) is 6.07 Å². The summed E-state index contributed by atoms with van der Waals surface area (Å²) in [7, 11) is 0. The van der Waals surface area contributed by atoms with E-state index in [-0.39, 0.29) is 10.6 Å². The largest absolute Gasteiger partial charge is 0.292 e. The number of benzene rings is 2. The number of nitriles is 1. The Kier molecular flexibility index (Phi) is 4.53.